The third-order valence-electron chi connectivity index (χ3n) is 3.55. The first-order valence-corrected chi connectivity index (χ1v) is 7.94. The molecule has 0 aliphatic rings. The van der Waals surface area contributed by atoms with Crippen LogP contribution in [-0.4, -0.2) is 0 Å². The van der Waals surface area contributed by atoms with Crippen LogP contribution in [0.25, 0.3) is 10.8 Å². The van der Waals surface area contributed by atoms with E-state index in [9.17, 15) is 4.39 Å². The van der Waals surface area contributed by atoms with Gasteiger partial charge in [-0.2, -0.15) is 0 Å². The molecule has 0 nitrogen and oxygen atoms in total. The maximum atomic E-state index is 14.1. The Morgan fingerprint density at radius 3 is 2.52 bits per heavy atom. The quantitative estimate of drug-likeness (QED) is 0.481. The molecule has 0 amide bonds. The van der Waals surface area contributed by atoms with E-state index in [1.165, 1.54) is 10.8 Å². The summed E-state index contributed by atoms with van der Waals surface area (Å²) in [7, 11) is 0. The average Bonchev–Trinajstić information content (AvgIpc) is 2.50. The first kappa shape index (κ1) is 14.6. The zero-order valence-corrected chi connectivity index (χ0v) is 13.5. The minimum atomic E-state index is -0.385. The summed E-state index contributed by atoms with van der Waals surface area (Å²) in [6.45, 7) is 0. The van der Waals surface area contributed by atoms with E-state index in [4.69, 9.17) is 11.6 Å². The SMILES string of the molecule is Fc1c(Br)cccc1C(Cl)Cc1ccc2ccccc2c1. The Balaban J connectivity index is 1.89. The molecule has 1 atom stereocenters. The lowest BCUT2D eigenvalue weighted by Gasteiger charge is -2.12. The van der Waals surface area contributed by atoms with Crippen molar-refractivity contribution < 1.29 is 4.39 Å². The molecular formula is C18H13BrClF. The van der Waals surface area contributed by atoms with Crippen molar-refractivity contribution in [1.29, 1.82) is 0 Å². The van der Waals surface area contributed by atoms with Gasteiger partial charge >= 0.3 is 0 Å². The van der Waals surface area contributed by atoms with Gasteiger partial charge in [-0.15, -0.1) is 11.6 Å². The molecule has 0 saturated heterocycles. The van der Waals surface area contributed by atoms with Crippen molar-refractivity contribution in [3.05, 3.63) is 82.1 Å². The molecule has 3 aromatic rings. The fraction of sp³-hybridized carbons (Fsp3) is 0.111. The molecular weight excluding hydrogens is 351 g/mol. The lowest BCUT2D eigenvalue weighted by atomic mass is 10.0. The first-order chi connectivity index (χ1) is 10.1. The van der Waals surface area contributed by atoms with E-state index in [1.54, 1.807) is 18.2 Å². The van der Waals surface area contributed by atoms with E-state index < -0.39 is 0 Å². The summed E-state index contributed by atoms with van der Waals surface area (Å²) in [5.41, 5.74) is 1.63. The number of hydrogen-bond acceptors (Lipinski definition) is 0. The van der Waals surface area contributed by atoms with Crippen molar-refractivity contribution in [1.82, 2.24) is 0 Å². The zero-order chi connectivity index (χ0) is 14.8. The second-order valence-electron chi connectivity index (χ2n) is 5.00. The van der Waals surface area contributed by atoms with E-state index in [2.05, 4.69) is 40.2 Å². The Labute approximate surface area is 136 Å². The average molecular weight is 364 g/mol. The summed E-state index contributed by atoms with van der Waals surface area (Å²) in [6.07, 6.45) is 0.597. The zero-order valence-electron chi connectivity index (χ0n) is 11.2. The smallest absolute Gasteiger partial charge is 0.142 e. The van der Waals surface area contributed by atoms with Crippen LogP contribution in [0, 0.1) is 5.82 Å². The predicted molar refractivity (Wildman–Crippen MR) is 90.3 cm³/mol. The summed E-state index contributed by atoms with van der Waals surface area (Å²) in [6, 6.07) is 19.6. The molecule has 0 N–H and O–H groups in total. The van der Waals surface area contributed by atoms with Gasteiger partial charge in [-0.3, -0.25) is 0 Å². The maximum absolute atomic E-state index is 14.1. The lowest BCUT2D eigenvalue weighted by Crippen LogP contribution is -1.99. The number of benzene rings is 3. The van der Waals surface area contributed by atoms with Gasteiger partial charge in [0, 0.05) is 5.56 Å². The summed E-state index contributed by atoms with van der Waals surface area (Å²) in [5, 5.41) is 1.98. The Morgan fingerprint density at radius 2 is 1.71 bits per heavy atom. The van der Waals surface area contributed by atoms with Crippen molar-refractivity contribution in [2.75, 3.05) is 0 Å². The number of alkyl halides is 1. The largest absolute Gasteiger partial charge is 0.205 e. The van der Waals surface area contributed by atoms with Crippen LogP contribution in [0.3, 0.4) is 0 Å². The summed E-state index contributed by atoms with van der Waals surface area (Å²) in [4.78, 5) is 0. The fourth-order valence-corrected chi connectivity index (χ4v) is 3.17. The van der Waals surface area contributed by atoms with Gasteiger partial charge in [0.25, 0.3) is 0 Å². The number of hydrogen-bond donors (Lipinski definition) is 0. The third-order valence-corrected chi connectivity index (χ3v) is 4.55. The van der Waals surface area contributed by atoms with Crippen LogP contribution < -0.4 is 0 Å². The van der Waals surface area contributed by atoms with E-state index in [-0.39, 0.29) is 11.2 Å². The molecule has 0 saturated carbocycles. The van der Waals surface area contributed by atoms with Gasteiger partial charge in [-0.05, 0) is 44.8 Å². The van der Waals surface area contributed by atoms with Gasteiger partial charge in [0.1, 0.15) is 5.82 Å². The van der Waals surface area contributed by atoms with Crippen LogP contribution in [0.15, 0.2) is 65.1 Å². The number of fused-ring (bicyclic) bond motifs is 1. The lowest BCUT2D eigenvalue weighted by molar-refractivity contribution is 0.599. The van der Waals surface area contributed by atoms with Crippen LogP contribution >= 0.6 is 27.5 Å². The molecule has 0 aliphatic heterocycles. The summed E-state index contributed by atoms with van der Waals surface area (Å²) in [5.74, 6) is -0.279. The molecule has 3 aromatic carbocycles. The maximum Gasteiger partial charge on any atom is 0.142 e. The van der Waals surface area contributed by atoms with Crippen molar-refractivity contribution in [2.24, 2.45) is 0 Å². The van der Waals surface area contributed by atoms with Gasteiger partial charge in [0.05, 0.1) is 9.85 Å². The monoisotopic (exact) mass is 362 g/mol. The van der Waals surface area contributed by atoms with Crippen LogP contribution in [0.4, 0.5) is 4.39 Å². The van der Waals surface area contributed by atoms with Crippen LogP contribution in [-0.2, 0) is 6.42 Å². The molecule has 3 heteroatoms. The molecule has 0 bridgehead atoms. The highest BCUT2D eigenvalue weighted by atomic mass is 79.9. The summed E-state index contributed by atoms with van der Waals surface area (Å²) < 4.78 is 14.5. The topological polar surface area (TPSA) is 0 Å². The van der Waals surface area contributed by atoms with E-state index in [0.29, 0.717) is 16.5 Å². The van der Waals surface area contributed by atoms with Crippen molar-refractivity contribution in [3.63, 3.8) is 0 Å². The molecule has 1 unspecified atom stereocenters. The van der Waals surface area contributed by atoms with E-state index in [0.717, 1.165) is 5.56 Å². The highest BCUT2D eigenvalue weighted by Gasteiger charge is 2.15. The molecule has 0 aromatic heterocycles. The molecule has 0 spiro atoms. The number of halogens is 3. The molecule has 0 heterocycles. The Morgan fingerprint density at radius 1 is 0.952 bits per heavy atom. The second-order valence-corrected chi connectivity index (χ2v) is 6.38. The highest BCUT2D eigenvalue weighted by molar-refractivity contribution is 9.10. The fourth-order valence-electron chi connectivity index (χ4n) is 2.45. The van der Waals surface area contributed by atoms with Gasteiger partial charge in [-0.1, -0.05) is 54.6 Å². The molecule has 106 valence electrons. The molecule has 21 heavy (non-hydrogen) atoms. The van der Waals surface area contributed by atoms with Crippen molar-refractivity contribution in [2.45, 2.75) is 11.8 Å². The Bertz CT molecular complexity index is 785. The third kappa shape index (κ3) is 3.12. The van der Waals surface area contributed by atoms with Crippen LogP contribution in [0.1, 0.15) is 16.5 Å². The minimum absolute atomic E-state index is 0.279. The Kier molecular flexibility index (Phi) is 4.27. The van der Waals surface area contributed by atoms with Gasteiger partial charge in [0.2, 0.25) is 0 Å². The van der Waals surface area contributed by atoms with Crippen LogP contribution in [0.2, 0.25) is 0 Å². The van der Waals surface area contributed by atoms with Gasteiger partial charge < -0.3 is 0 Å². The first-order valence-electron chi connectivity index (χ1n) is 6.71. The normalized spacial score (nSPS) is 12.5. The molecule has 0 aliphatic carbocycles. The predicted octanol–water partition coefficient (Wildman–Crippen LogP) is 6.26. The molecule has 0 fully saturated rings. The van der Waals surface area contributed by atoms with Gasteiger partial charge in [0.15, 0.2) is 0 Å². The molecule has 0 radical (unpaired) electrons. The minimum Gasteiger partial charge on any atom is -0.205 e. The van der Waals surface area contributed by atoms with Crippen molar-refractivity contribution >= 4 is 38.3 Å². The second kappa shape index (κ2) is 6.17. The Hall–Kier alpha value is -1.38. The molecule has 3 rings (SSSR count). The van der Waals surface area contributed by atoms with E-state index in [1.807, 2.05) is 18.2 Å². The summed E-state index contributed by atoms with van der Waals surface area (Å²) >= 11 is 9.61. The standard InChI is InChI=1S/C18H13BrClF/c19-16-7-3-6-15(18(16)21)17(20)11-12-8-9-13-4-1-2-5-14(13)10-12/h1-10,17H,11H2. The van der Waals surface area contributed by atoms with Crippen molar-refractivity contribution in [3.8, 4) is 0 Å². The number of rotatable bonds is 3. The van der Waals surface area contributed by atoms with E-state index >= 15 is 0 Å². The van der Waals surface area contributed by atoms with Crippen LogP contribution in [0.5, 0.6) is 0 Å². The van der Waals surface area contributed by atoms with Gasteiger partial charge in [-0.25, -0.2) is 4.39 Å². The highest BCUT2D eigenvalue weighted by Crippen LogP contribution is 2.31.